The number of hydrogen-bond acceptors (Lipinski definition) is 0. The molecule has 0 saturated heterocycles. The Morgan fingerprint density at radius 1 is 1.86 bits per heavy atom. The number of halogens is 2. The van der Waals surface area contributed by atoms with Gasteiger partial charge in [0.05, 0.1) is 5.38 Å². The van der Waals surface area contributed by atoms with Crippen molar-refractivity contribution in [3.8, 4) is 0 Å². The minimum Gasteiger partial charge on any atom is -0.118 e. The van der Waals surface area contributed by atoms with E-state index in [2.05, 4.69) is 15.9 Å². The van der Waals surface area contributed by atoms with Crippen LogP contribution in [0.25, 0.3) is 0 Å². The average Bonchev–Trinajstić information content (AvgIpc) is 1.65. The fourth-order valence-electron chi connectivity index (χ4n) is 0.230. The molecule has 0 aliphatic carbocycles. The Balaban J connectivity index is 3.56. The van der Waals surface area contributed by atoms with Crippen LogP contribution >= 0.6 is 27.5 Å². The Morgan fingerprint density at radius 2 is 2.29 bits per heavy atom. The van der Waals surface area contributed by atoms with E-state index in [1.165, 1.54) is 0 Å². The van der Waals surface area contributed by atoms with E-state index in [1.54, 1.807) is 0 Å². The van der Waals surface area contributed by atoms with Crippen molar-refractivity contribution in [2.75, 3.05) is 0 Å². The van der Waals surface area contributed by atoms with Crippen molar-refractivity contribution in [2.45, 2.75) is 19.2 Å². The lowest BCUT2D eigenvalue weighted by Gasteiger charge is -1.95. The minimum atomic E-state index is 0.116. The predicted molar refractivity (Wildman–Crippen MR) is 38.0 cm³/mol. The molecule has 0 saturated carbocycles. The summed E-state index contributed by atoms with van der Waals surface area (Å²) in [6.45, 7) is 3.87. The van der Waals surface area contributed by atoms with Crippen LogP contribution in [0.15, 0.2) is 10.6 Å². The van der Waals surface area contributed by atoms with Crippen LogP contribution in [0.5, 0.6) is 0 Å². The molecule has 7 heavy (non-hydrogen) atoms. The summed E-state index contributed by atoms with van der Waals surface area (Å²) in [5.41, 5.74) is 0. The van der Waals surface area contributed by atoms with E-state index in [-0.39, 0.29) is 5.38 Å². The first-order valence-electron chi connectivity index (χ1n) is 2.14. The van der Waals surface area contributed by atoms with Crippen LogP contribution in [0.2, 0.25) is 0 Å². The Kier molecular flexibility index (Phi) is 3.76. The van der Waals surface area contributed by atoms with Crippen molar-refractivity contribution in [3.63, 3.8) is 0 Å². The standard InChI is InChI=1S/C5H8BrCl/c1-3-5(6)4(2)7/h3-4H,1-2H3/b5-3+/t4-/m1/s1. The summed E-state index contributed by atoms with van der Waals surface area (Å²) in [5, 5.41) is 0.116. The fourth-order valence-corrected chi connectivity index (χ4v) is 0.356. The van der Waals surface area contributed by atoms with Gasteiger partial charge in [-0.3, -0.25) is 0 Å². The molecule has 0 bridgehead atoms. The van der Waals surface area contributed by atoms with Gasteiger partial charge in [-0.05, 0) is 13.8 Å². The van der Waals surface area contributed by atoms with Gasteiger partial charge < -0.3 is 0 Å². The summed E-state index contributed by atoms with van der Waals surface area (Å²) in [7, 11) is 0. The highest BCUT2D eigenvalue weighted by atomic mass is 79.9. The van der Waals surface area contributed by atoms with Crippen LogP contribution in [0.1, 0.15) is 13.8 Å². The zero-order valence-corrected chi connectivity index (χ0v) is 6.75. The summed E-state index contributed by atoms with van der Waals surface area (Å²) >= 11 is 8.88. The first-order valence-corrected chi connectivity index (χ1v) is 3.37. The lowest BCUT2D eigenvalue weighted by Crippen LogP contribution is -1.86. The lowest BCUT2D eigenvalue weighted by molar-refractivity contribution is 1.21. The molecule has 0 unspecified atom stereocenters. The van der Waals surface area contributed by atoms with Crippen molar-refractivity contribution in [2.24, 2.45) is 0 Å². The third kappa shape index (κ3) is 3.12. The smallest absolute Gasteiger partial charge is 0.0619 e. The normalized spacial score (nSPS) is 16.9. The summed E-state index contributed by atoms with van der Waals surface area (Å²) in [6, 6.07) is 0. The second-order valence-electron chi connectivity index (χ2n) is 1.29. The molecule has 0 rings (SSSR count). The second-order valence-corrected chi connectivity index (χ2v) is 2.86. The van der Waals surface area contributed by atoms with Gasteiger partial charge in [-0.2, -0.15) is 0 Å². The Labute approximate surface area is 57.7 Å². The molecule has 0 aliphatic heterocycles. The van der Waals surface area contributed by atoms with Crippen molar-refractivity contribution in [1.29, 1.82) is 0 Å². The number of hydrogen-bond donors (Lipinski definition) is 0. The van der Waals surface area contributed by atoms with Gasteiger partial charge in [0.15, 0.2) is 0 Å². The van der Waals surface area contributed by atoms with E-state index < -0.39 is 0 Å². The Hall–Kier alpha value is 0.510. The van der Waals surface area contributed by atoms with E-state index in [0.717, 1.165) is 4.48 Å². The molecule has 0 heterocycles. The molecule has 0 aromatic carbocycles. The van der Waals surface area contributed by atoms with Gasteiger partial charge in [0.2, 0.25) is 0 Å². The molecule has 2 heteroatoms. The average molecular weight is 183 g/mol. The maximum atomic E-state index is 5.61. The molecule has 0 aliphatic rings. The molecule has 0 N–H and O–H groups in total. The summed E-state index contributed by atoms with van der Waals surface area (Å²) in [5.74, 6) is 0. The first-order chi connectivity index (χ1) is 3.18. The molecule has 0 aromatic heterocycles. The van der Waals surface area contributed by atoms with E-state index in [9.17, 15) is 0 Å². The van der Waals surface area contributed by atoms with Crippen LogP contribution in [0.3, 0.4) is 0 Å². The van der Waals surface area contributed by atoms with Crippen LogP contribution in [-0.2, 0) is 0 Å². The minimum absolute atomic E-state index is 0.116. The highest BCUT2D eigenvalue weighted by Gasteiger charge is 1.95. The van der Waals surface area contributed by atoms with E-state index in [0.29, 0.717) is 0 Å². The number of rotatable bonds is 1. The lowest BCUT2D eigenvalue weighted by atomic mass is 10.4. The van der Waals surface area contributed by atoms with Crippen LogP contribution < -0.4 is 0 Å². The molecule has 0 nitrogen and oxygen atoms in total. The number of alkyl halides is 1. The molecule has 0 amide bonds. The second kappa shape index (κ2) is 3.50. The van der Waals surface area contributed by atoms with Crippen LogP contribution in [0, 0.1) is 0 Å². The molecule has 0 radical (unpaired) electrons. The molecule has 1 atom stereocenters. The fraction of sp³-hybridized carbons (Fsp3) is 0.600. The maximum absolute atomic E-state index is 5.61. The maximum Gasteiger partial charge on any atom is 0.0619 e. The Morgan fingerprint density at radius 3 is 2.29 bits per heavy atom. The van der Waals surface area contributed by atoms with Gasteiger partial charge >= 0.3 is 0 Å². The SMILES string of the molecule is C/C=C(/Br)[C@@H](C)Cl. The topological polar surface area (TPSA) is 0 Å². The Bertz CT molecular complexity index is 76.1. The highest BCUT2D eigenvalue weighted by Crippen LogP contribution is 2.14. The molecule has 0 spiro atoms. The molecule has 42 valence electrons. The van der Waals surface area contributed by atoms with Gasteiger partial charge in [-0.25, -0.2) is 0 Å². The molecular formula is C5H8BrCl. The first kappa shape index (κ1) is 7.51. The molecule has 0 aromatic rings. The van der Waals surface area contributed by atoms with Crippen LogP contribution in [-0.4, -0.2) is 5.38 Å². The van der Waals surface area contributed by atoms with Gasteiger partial charge in [0, 0.05) is 4.48 Å². The summed E-state index contributed by atoms with van der Waals surface area (Å²) in [6.07, 6.45) is 1.94. The quantitative estimate of drug-likeness (QED) is 0.549. The van der Waals surface area contributed by atoms with Crippen LogP contribution in [0.4, 0.5) is 0 Å². The van der Waals surface area contributed by atoms with E-state index in [1.807, 2.05) is 19.9 Å². The van der Waals surface area contributed by atoms with Gasteiger partial charge in [0.25, 0.3) is 0 Å². The van der Waals surface area contributed by atoms with E-state index in [4.69, 9.17) is 11.6 Å². The highest BCUT2D eigenvalue weighted by molar-refractivity contribution is 9.11. The third-order valence-electron chi connectivity index (χ3n) is 0.656. The van der Waals surface area contributed by atoms with Gasteiger partial charge in [-0.1, -0.05) is 22.0 Å². The van der Waals surface area contributed by atoms with Gasteiger partial charge in [0.1, 0.15) is 0 Å². The monoisotopic (exact) mass is 182 g/mol. The van der Waals surface area contributed by atoms with Crippen molar-refractivity contribution in [1.82, 2.24) is 0 Å². The molecule has 0 fully saturated rings. The zero-order chi connectivity index (χ0) is 5.86. The summed E-state index contributed by atoms with van der Waals surface area (Å²) < 4.78 is 1.05. The summed E-state index contributed by atoms with van der Waals surface area (Å²) in [4.78, 5) is 0. The van der Waals surface area contributed by atoms with E-state index >= 15 is 0 Å². The third-order valence-corrected chi connectivity index (χ3v) is 2.30. The number of allylic oxidation sites excluding steroid dienone is 2. The van der Waals surface area contributed by atoms with Crippen molar-refractivity contribution >= 4 is 27.5 Å². The zero-order valence-electron chi connectivity index (χ0n) is 4.41. The predicted octanol–water partition coefficient (Wildman–Crippen LogP) is 2.91. The molecular weight excluding hydrogens is 175 g/mol. The van der Waals surface area contributed by atoms with Crippen molar-refractivity contribution < 1.29 is 0 Å². The van der Waals surface area contributed by atoms with Gasteiger partial charge in [-0.15, -0.1) is 11.6 Å². The largest absolute Gasteiger partial charge is 0.118 e. The van der Waals surface area contributed by atoms with Crippen molar-refractivity contribution in [3.05, 3.63) is 10.6 Å².